The number of hydrogen-bond donors (Lipinski definition) is 4. The number of rotatable bonds is 7. The Bertz CT molecular complexity index is 1330. The van der Waals surface area contributed by atoms with E-state index in [0.717, 1.165) is 26.5 Å². The molecule has 0 spiro atoms. The maximum absolute atomic E-state index is 13.9. The maximum atomic E-state index is 13.9. The molecule has 0 bridgehead atoms. The molecule has 9 nitrogen and oxygen atoms in total. The number of nitrogens with two attached hydrogens (primary N) is 1. The lowest BCUT2D eigenvalue weighted by Crippen LogP contribution is -2.64. The molecule has 204 valence electrons. The van der Waals surface area contributed by atoms with Gasteiger partial charge in [0.2, 0.25) is 11.8 Å². The van der Waals surface area contributed by atoms with E-state index in [1.54, 1.807) is 29.2 Å². The summed E-state index contributed by atoms with van der Waals surface area (Å²) < 4.78 is 45.1. The molecule has 3 heterocycles. The SMILES string of the molecule is [2H]C1N(CC2(O)CCN(C(=O)CC(C)c3ccccc3)CC2)C(=O)C2N([2H])N(C)[C@]([2H])(c3ccc(CN)cc3)C2([2H])N1[2H]. The van der Waals surface area contributed by atoms with Crippen molar-refractivity contribution in [2.24, 2.45) is 5.73 Å². The van der Waals surface area contributed by atoms with E-state index in [1.165, 1.54) is 7.05 Å². The lowest BCUT2D eigenvalue weighted by atomic mass is 9.88. The lowest BCUT2D eigenvalue weighted by Gasteiger charge is -2.44. The fraction of sp³-hybridized carbons (Fsp3) is 0.517. The van der Waals surface area contributed by atoms with Gasteiger partial charge in [0, 0.05) is 33.1 Å². The zero-order valence-electron chi connectivity index (χ0n) is 27.0. The highest BCUT2D eigenvalue weighted by molar-refractivity contribution is 5.84. The molecule has 3 aliphatic rings. The number of hydrazine groups is 1. The van der Waals surface area contributed by atoms with Crippen LogP contribution in [0.2, 0.25) is 2.82 Å². The molecule has 4 unspecified atom stereocenters. The molecule has 0 aromatic heterocycles. The van der Waals surface area contributed by atoms with Gasteiger partial charge in [0.15, 0.2) is 0 Å². The fourth-order valence-corrected chi connectivity index (χ4v) is 5.42. The largest absolute Gasteiger partial charge is 0.388 e. The molecule has 0 aliphatic carbocycles. The van der Waals surface area contributed by atoms with Crippen molar-refractivity contribution in [3.63, 3.8) is 0 Å². The molecule has 5 N–H and O–H groups in total. The third-order valence-electron chi connectivity index (χ3n) is 7.79. The molecule has 9 heteroatoms. The van der Waals surface area contributed by atoms with Gasteiger partial charge >= 0.3 is 0 Å². The van der Waals surface area contributed by atoms with Gasteiger partial charge in [-0.1, -0.05) is 61.5 Å². The van der Waals surface area contributed by atoms with Crippen LogP contribution in [-0.2, 0) is 16.1 Å². The van der Waals surface area contributed by atoms with E-state index >= 15 is 0 Å². The number of aliphatic hydroxyl groups is 1. The van der Waals surface area contributed by atoms with Crippen LogP contribution in [0.25, 0.3) is 0 Å². The number of fused-ring (bicyclic) bond motifs is 1. The van der Waals surface area contributed by atoms with Gasteiger partial charge in [-0.2, -0.15) is 0 Å². The van der Waals surface area contributed by atoms with E-state index in [0.29, 0.717) is 11.7 Å². The van der Waals surface area contributed by atoms with E-state index in [9.17, 15) is 17.4 Å². The summed E-state index contributed by atoms with van der Waals surface area (Å²) >= 11 is 0. The number of nitrogens with zero attached hydrogens (tertiary/aromatic N) is 3. The van der Waals surface area contributed by atoms with Gasteiger partial charge in [0.1, 0.15) is 8.87 Å². The van der Waals surface area contributed by atoms with Gasteiger partial charge < -0.3 is 20.6 Å². The van der Waals surface area contributed by atoms with Crippen LogP contribution in [0.5, 0.6) is 0 Å². The Morgan fingerprint density at radius 3 is 2.58 bits per heavy atom. The minimum atomic E-state index is -2.35. The first-order valence-corrected chi connectivity index (χ1v) is 13.2. The zero-order valence-corrected chi connectivity index (χ0v) is 22.0. The second kappa shape index (κ2) is 11.1. The summed E-state index contributed by atoms with van der Waals surface area (Å²) in [6.07, 6.45) is 0.674. The predicted octanol–water partition coefficient (Wildman–Crippen LogP) is 1.31. The number of benzene rings is 2. The standard InChI is InChI=1S/C29H40N6O3/c1-20(22-6-4-3-5-7-22)16-24(36)34-14-12-29(38,13-15-34)18-35-19-31-25-26(28(35)37)32-33(2)27(25)23-10-8-21(17-30)9-11-23/h3-11,20,25-27,31-32,38H,12-19,30H2,1-2H3/t20?,25?,26?,27-/m1/s1/i19D,25D,27D/hD2/t19?,20?,25?,26?,27-. The van der Waals surface area contributed by atoms with Crippen LogP contribution in [-0.4, -0.2) is 82.7 Å². The summed E-state index contributed by atoms with van der Waals surface area (Å²) in [5.74, 6) is -0.762. The first kappa shape index (κ1) is 21.1. The number of carbonyl (C=O) groups excluding carboxylic acids is 2. The summed E-state index contributed by atoms with van der Waals surface area (Å²) in [6, 6.07) is 10.4. The number of likely N-dealkylation sites (tertiary alicyclic amines) is 1. The van der Waals surface area contributed by atoms with Crippen LogP contribution >= 0.6 is 0 Å². The Hall–Kier alpha value is -2.82. The molecular weight excluding hydrogens is 480 g/mol. The highest BCUT2D eigenvalue weighted by atomic mass is 16.3. The number of hydrogen-bond acceptors (Lipinski definition) is 7. The number of likely N-dealkylation sites (N-methyl/N-ethyl adjacent to an activating group) is 1. The maximum Gasteiger partial charge on any atom is 0.243 e. The first-order chi connectivity index (χ1) is 20.3. The van der Waals surface area contributed by atoms with E-state index in [4.69, 9.17) is 9.93 Å². The first-order valence-electron chi connectivity index (χ1n) is 15.6. The van der Waals surface area contributed by atoms with Crippen molar-refractivity contribution in [2.45, 2.75) is 62.3 Å². The van der Waals surface area contributed by atoms with Crippen molar-refractivity contribution in [1.82, 2.24) is 25.5 Å². The van der Waals surface area contributed by atoms with Gasteiger partial charge in [0.25, 0.3) is 0 Å². The number of carbonyl (C=O) groups is 2. The predicted molar refractivity (Wildman–Crippen MR) is 146 cm³/mol. The smallest absolute Gasteiger partial charge is 0.243 e. The highest BCUT2D eigenvalue weighted by Gasteiger charge is 2.49. The number of piperidine rings is 1. The summed E-state index contributed by atoms with van der Waals surface area (Å²) in [6.45, 7) is 0.830. The Kier molecular flexibility index (Phi) is 6.16. The van der Waals surface area contributed by atoms with E-state index in [-0.39, 0.29) is 56.4 Å². The normalized spacial score (nSPS) is 35.1. The molecule has 3 aliphatic heterocycles. The number of amides is 2. The second-order valence-electron chi connectivity index (χ2n) is 10.5. The summed E-state index contributed by atoms with van der Waals surface area (Å²) in [5, 5.41) is 13.2. The topological polar surface area (TPSA) is 114 Å². The monoisotopic (exact) mass is 525 g/mol. The van der Waals surface area contributed by atoms with E-state index < -0.39 is 36.2 Å². The van der Waals surface area contributed by atoms with Crippen molar-refractivity contribution in [2.75, 3.05) is 33.3 Å². The fourth-order valence-electron chi connectivity index (χ4n) is 5.42. The highest BCUT2D eigenvalue weighted by Crippen LogP contribution is 2.33. The Morgan fingerprint density at radius 1 is 1.24 bits per heavy atom. The Balaban J connectivity index is 1.31. The third kappa shape index (κ3) is 5.48. The molecule has 5 rings (SSSR count). The summed E-state index contributed by atoms with van der Waals surface area (Å²) in [4.78, 5) is 29.6. The van der Waals surface area contributed by atoms with Crippen molar-refractivity contribution < 1.29 is 21.6 Å². The Labute approximate surface area is 232 Å². The van der Waals surface area contributed by atoms with Crippen LogP contribution in [0.15, 0.2) is 54.6 Å². The van der Waals surface area contributed by atoms with Gasteiger partial charge in [0.05, 0.1) is 34.9 Å². The number of β-amino-alcohol motifs (C(OH)–C–C–N with tert-alkyl or cyclic N) is 1. The van der Waals surface area contributed by atoms with Gasteiger partial charge in [-0.15, -0.1) is 0 Å². The minimum absolute atomic E-state index is 0.0211. The third-order valence-corrected chi connectivity index (χ3v) is 7.79. The molecule has 38 heavy (non-hydrogen) atoms. The van der Waals surface area contributed by atoms with Crippen molar-refractivity contribution >= 4 is 11.8 Å². The molecule has 3 saturated heterocycles. The molecule has 0 radical (unpaired) electrons. The summed E-state index contributed by atoms with van der Waals surface area (Å²) in [7, 11) is 1.41. The Morgan fingerprint density at radius 2 is 1.92 bits per heavy atom. The quantitative estimate of drug-likeness (QED) is 0.431. The van der Waals surface area contributed by atoms with Crippen LogP contribution < -0.4 is 16.5 Å². The molecule has 2 aromatic rings. The van der Waals surface area contributed by atoms with Gasteiger partial charge in [-0.3, -0.25) is 14.9 Å². The van der Waals surface area contributed by atoms with Crippen LogP contribution in [0, 0.1) is 0 Å². The van der Waals surface area contributed by atoms with Crippen LogP contribution in [0.3, 0.4) is 0 Å². The second-order valence-corrected chi connectivity index (χ2v) is 10.5. The molecule has 2 aromatic carbocycles. The van der Waals surface area contributed by atoms with Crippen molar-refractivity contribution in [3.8, 4) is 0 Å². The van der Waals surface area contributed by atoms with E-state index in [2.05, 4.69) is 0 Å². The van der Waals surface area contributed by atoms with Gasteiger partial charge in [-0.05, 0) is 35.4 Å². The van der Waals surface area contributed by atoms with E-state index in [1.807, 2.05) is 37.3 Å². The molecule has 5 atom stereocenters. The average molecular weight is 526 g/mol. The molecule has 3 fully saturated rings. The molecular formula is C29H40N6O3. The van der Waals surface area contributed by atoms with Crippen molar-refractivity contribution in [1.29, 1.82) is 0 Å². The lowest BCUT2D eigenvalue weighted by molar-refractivity contribution is -0.146. The molecule has 0 saturated carbocycles. The number of nitrogens with one attached hydrogen (secondary N) is 2. The minimum Gasteiger partial charge on any atom is -0.388 e. The van der Waals surface area contributed by atoms with Gasteiger partial charge in [-0.25, -0.2) is 10.4 Å². The molecule has 2 amide bonds. The van der Waals surface area contributed by atoms with Crippen LogP contribution in [0.1, 0.15) is 58.9 Å². The average Bonchev–Trinajstić information content (AvgIpc) is 3.17. The van der Waals surface area contributed by atoms with Crippen molar-refractivity contribution in [3.05, 3.63) is 71.3 Å². The van der Waals surface area contributed by atoms with Crippen LogP contribution in [0.4, 0.5) is 0 Å². The summed E-state index contributed by atoms with van der Waals surface area (Å²) in [5.41, 5.74) is 7.17. The zero-order chi connectivity index (χ0) is 31.3.